The summed E-state index contributed by atoms with van der Waals surface area (Å²) in [5.41, 5.74) is 5.36. The standard InChI is InChI=1S/C20H28N4O/c1-5-17-9-10-20(16(3)13-17)25-14-18-15(2)7-6-8-19(18)24(22)12-11-23(4)21/h5-10,13H,1,11-12,14,21-22H2,2-4H3. The maximum absolute atomic E-state index is 6.23. The van der Waals surface area contributed by atoms with E-state index < -0.39 is 0 Å². The highest BCUT2D eigenvalue weighted by Gasteiger charge is 2.12. The fourth-order valence-electron chi connectivity index (χ4n) is 2.64. The molecule has 0 aliphatic carbocycles. The number of nitrogens with two attached hydrogens (primary N) is 2. The van der Waals surface area contributed by atoms with Crippen molar-refractivity contribution in [1.29, 1.82) is 0 Å². The Morgan fingerprint density at radius 2 is 1.84 bits per heavy atom. The van der Waals surface area contributed by atoms with Crippen LogP contribution >= 0.6 is 0 Å². The number of hydrazine groups is 2. The molecule has 0 saturated carbocycles. The van der Waals surface area contributed by atoms with Crippen molar-refractivity contribution in [2.75, 3.05) is 25.1 Å². The molecule has 0 heterocycles. The summed E-state index contributed by atoms with van der Waals surface area (Å²) in [6, 6.07) is 12.1. The summed E-state index contributed by atoms with van der Waals surface area (Å²) in [4.78, 5) is 0. The minimum Gasteiger partial charge on any atom is -0.489 e. The highest BCUT2D eigenvalue weighted by Crippen LogP contribution is 2.26. The first-order valence-corrected chi connectivity index (χ1v) is 8.35. The highest BCUT2D eigenvalue weighted by atomic mass is 16.5. The van der Waals surface area contributed by atoms with Crippen molar-refractivity contribution < 1.29 is 4.74 Å². The predicted octanol–water partition coefficient (Wildman–Crippen LogP) is 3.01. The van der Waals surface area contributed by atoms with E-state index in [-0.39, 0.29) is 0 Å². The van der Waals surface area contributed by atoms with E-state index in [0.717, 1.165) is 33.7 Å². The van der Waals surface area contributed by atoms with Crippen molar-refractivity contribution in [3.63, 3.8) is 0 Å². The van der Waals surface area contributed by atoms with Crippen molar-refractivity contribution >= 4 is 11.8 Å². The quantitative estimate of drug-likeness (QED) is 0.571. The van der Waals surface area contributed by atoms with Gasteiger partial charge in [0.25, 0.3) is 0 Å². The van der Waals surface area contributed by atoms with Gasteiger partial charge in [-0.05, 0) is 48.7 Å². The van der Waals surface area contributed by atoms with Crippen molar-refractivity contribution in [3.8, 4) is 5.75 Å². The molecule has 0 spiro atoms. The normalized spacial score (nSPS) is 10.8. The Morgan fingerprint density at radius 1 is 1.08 bits per heavy atom. The Kier molecular flexibility index (Phi) is 6.58. The van der Waals surface area contributed by atoms with Crippen LogP contribution < -0.4 is 21.4 Å². The monoisotopic (exact) mass is 340 g/mol. The van der Waals surface area contributed by atoms with Gasteiger partial charge >= 0.3 is 0 Å². The summed E-state index contributed by atoms with van der Waals surface area (Å²) < 4.78 is 6.07. The average molecular weight is 340 g/mol. The Labute approximate surface area is 150 Å². The molecule has 0 atom stereocenters. The van der Waals surface area contributed by atoms with Crippen LogP contribution in [0, 0.1) is 13.8 Å². The van der Waals surface area contributed by atoms with Gasteiger partial charge in [0, 0.05) is 25.7 Å². The molecule has 0 bridgehead atoms. The molecule has 0 aromatic heterocycles. The van der Waals surface area contributed by atoms with E-state index in [0.29, 0.717) is 19.7 Å². The summed E-state index contributed by atoms with van der Waals surface area (Å²) in [6.45, 7) is 9.67. The van der Waals surface area contributed by atoms with Gasteiger partial charge in [0.15, 0.2) is 0 Å². The Morgan fingerprint density at radius 3 is 2.48 bits per heavy atom. The fourth-order valence-corrected chi connectivity index (χ4v) is 2.64. The number of benzene rings is 2. The largest absolute Gasteiger partial charge is 0.489 e. The van der Waals surface area contributed by atoms with Gasteiger partial charge < -0.3 is 9.75 Å². The minimum absolute atomic E-state index is 0.461. The van der Waals surface area contributed by atoms with E-state index in [4.69, 9.17) is 16.4 Å². The number of hydrogen-bond donors (Lipinski definition) is 2. The molecule has 5 heteroatoms. The first-order chi connectivity index (χ1) is 11.9. The molecule has 2 aromatic rings. The summed E-state index contributed by atoms with van der Waals surface area (Å²) in [6.07, 6.45) is 1.83. The lowest BCUT2D eigenvalue weighted by Crippen LogP contribution is -2.40. The smallest absolute Gasteiger partial charge is 0.122 e. The lowest BCUT2D eigenvalue weighted by atomic mass is 10.1. The first-order valence-electron chi connectivity index (χ1n) is 8.35. The predicted molar refractivity (Wildman–Crippen MR) is 105 cm³/mol. The van der Waals surface area contributed by atoms with Gasteiger partial charge in [0.2, 0.25) is 0 Å². The van der Waals surface area contributed by atoms with Crippen molar-refractivity contribution in [1.82, 2.24) is 5.01 Å². The van der Waals surface area contributed by atoms with Gasteiger partial charge in [-0.15, -0.1) is 0 Å². The molecule has 4 N–H and O–H groups in total. The maximum Gasteiger partial charge on any atom is 0.122 e. The minimum atomic E-state index is 0.461. The van der Waals surface area contributed by atoms with Crippen LogP contribution in [0.25, 0.3) is 6.08 Å². The van der Waals surface area contributed by atoms with Crippen LogP contribution in [0.4, 0.5) is 5.69 Å². The van der Waals surface area contributed by atoms with Crippen molar-refractivity contribution in [2.45, 2.75) is 20.5 Å². The van der Waals surface area contributed by atoms with Crippen molar-refractivity contribution in [3.05, 3.63) is 65.2 Å². The van der Waals surface area contributed by atoms with Gasteiger partial charge in [0.1, 0.15) is 12.4 Å². The van der Waals surface area contributed by atoms with E-state index >= 15 is 0 Å². The number of aryl methyl sites for hydroxylation is 2. The second kappa shape index (κ2) is 8.67. The van der Waals surface area contributed by atoms with Crippen molar-refractivity contribution in [2.24, 2.45) is 11.7 Å². The van der Waals surface area contributed by atoms with Crippen LogP contribution in [0.15, 0.2) is 43.0 Å². The van der Waals surface area contributed by atoms with Crippen LogP contribution in [0.1, 0.15) is 22.3 Å². The van der Waals surface area contributed by atoms with Crippen LogP contribution in [0.5, 0.6) is 5.75 Å². The third-order valence-corrected chi connectivity index (χ3v) is 4.20. The second-order valence-corrected chi connectivity index (χ2v) is 6.26. The van der Waals surface area contributed by atoms with Crippen LogP contribution in [-0.2, 0) is 6.61 Å². The number of nitrogens with zero attached hydrogens (tertiary/aromatic N) is 2. The third kappa shape index (κ3) is 5.06. The first kappa shape index (κ1) is 19.0. The number of hydrogen-bond acceptors (Lipinski definition) is 5. The van der Waals surface area contributed by atoms with E-state index in [2.05, 4.69) is 25.6 Å². The molecular weight excluding hydrogens is 312 g/mol. The molecule has 0 fully saturated rings. The molecule has 0 unspecified atom stereocenters. The molecule has 0 aliphatic rings. The molecule has 0 saturated heterocycles. The van der Waals surface area contributed by atoms with Crippen LogP contribution in [0.3, 0.4) is 0 Å². The lowest BCUT2D eigenvalue weighted by molar-refractivity contribution is 0.303. The van der Waals surface area contributed by atoms with E-state index in [1.165, 1.54) is 0 Å². The highest BCUT2D eigenvalue weighted by molar-refractivity contribution is 5.56. The van der Waals surface area contributed by atoms with Crippen LogP contribution in [0.2, 0.25) is 0 Å². The van der Waals surface area contributed by atoms with E-state index in [1.54, 1.807) is 10.0 Å². The molecule has 0 radical (unpaired) electrons. The SMILES string of the molecule is C=Cc1ccc(OCc2c(C)cccc2N(N)CCN(C)N)c(C)c1. The van der Waals surface area contributed by atoms with Gasteiger partial charge in [-0.1, -0.05) is 30.9 Å². The van der Waals surface area contributed by atoms with Gasteiger partial charge in [0.05, 0.1) is 5.69 Å². The zero-order valence-corrected chi connectivity index (χ0v) is 15.3. The number of anilines is 1. The third-order valence-electron chi connectivity index (χ3n) is 4.20. The summed E-state index contributed by atoms with van der Waals surface area (Å²) in [7, 11) is 1.82. The molecule has 2 aromatic carbocycles. The summed E-state index contributed by atoms with van der Waals surface area (Å²) in [5, 5.41) is 3.35. The molecule has 2 rings (SSSR count). The summed E-state index contributed by atoms with van der Waals surface area (Å²) in [5.74, 6) is 12.8. The number of ether oxygens (including phenoxy) is 1. The molecular formula is C20H28N4O. The van der Waals surface area contributed by atoms with E-state index in [1.807, 2.05) is 44.3 Å². The fraction of sp³-hybridized carbons (Fsp3) is 0.300. The Balaban J connectivity index is 2.17. The maximum atomic E-state index is 6.23. The summed E-state index contributed by atoms with van der Waals surface area (Å²) >= 11 is 0. The topological polar surface area (TPSA) is 67.8 Å². The second-order valence-electron chi connectivity index (χ2n) is 6.26. The van der Waals surface area contributed by atoms with E-state index in [9.17, 15) is 0 Å². The molecule has 134 valence electrons. The van der Waals surface area contributed by atoms with Gasteiger partial charge in [-0.25, -0.2) is 10.9 Å². The molecule has 0 aliphatic heterocycles. The zero-order chi connectivity index (χ0) is 18.4. The van der Waals surface area contributed by atoms with Crippen LogP contribution in [-0.4, -0.2) is 25.1 Å². The molecule has 5 nitrogen and oxygen atoms in total. The van der Waals surface area contributed by atoms with Gasteiger partial charge in [-0.3, -0.25) is 5.84 Å². The Bertz CT molecular complexity index is 728. The molecule has 0 amide bonds. The van der Waals surface area contributed by atoms with Gasteiger partial charge in [-0.2, -0.15) is 0 Å². The lowest BCUT2D eigenvalue weighted by Gasteiger charge is -2.24. The zero-order valence-electron chi connectivity index (χ0n) is 15.3. The average Bonchev–Trinajstić information content (AvgIpc) is 2.59. The molecule has 25 heavy (non-hydrogen) atoms. The Hall–Kier alpha value is -2.34. The number of rotatable bonds is 8. The number of likely N-dealkylation sites (N-methyl/N-ethyl adjacent to an activating group) is 1.